The lowest BCUT2D eigenvalue weighted by Gasteiger charge is -2.52. The maximum absolute atomic E-state index is 6.89. The molecule has 0 N–H and O–H groups in total. The summed E-state index contributed by atoms with van der Waals surface area (Å²) in [5.41, 5.74) is 4.34. The minimum atomic E-state index is 0.0303. The van der Waals surface area contributed by atoms with Crippen LogP contribution in [0.2, 0.25) is 0 Å². The third-order valence-electron chi connectivity index (χ3n) is 14.9. The average molecular weight is 823 g/mol. The van der Waals surface area contributed by atoms with Crippen LogP contribution in [-0.4, -0.2) is 95.7 Å². The van der Waals surface area contributed by atoms with Gasteiger partial charge in [-0.25, -0.2) is 0 Å². The highest BCUT2D eigenvalue weighted by Crippen LogP contribution is 2.45. The van der Waals surface area contributed by atoms with Crippen LogP contribution in [0.15, 0.2) is 85.2 Å². The molecule has 10 heteroatoms. The molecular weight excluding hydrogens is 761 g/mol. The molecule has 0 amide bonds. The molecule has 3 aromatic heterocycles. The van der Waals surface area contributed by atoms with Crippen LogP contribution < -0.4 is 18.9 Å². The van der Waals surface area contributed by atoms with Crippen LogP contribution >= 0.6 is 0 Å². The fourth-order valence-electron chi connectivity index (χ4n) is 11.1. The van der Waals surface area contributed by atoms with Gasteiger partial charge in [-0.15, -0.1) is 10.2 Å². The van der Waals surface area contributed by atoms with Gasteiger partial charge in [-0.1, -0.05) is 45.7 Å². The van der Waals surface area contributed by atoms with E-state index in [0.29, 0.717) is 36.9 Å². The molecule has 6 aromatic rings. The minimum absolute atomic E-state index is 0.0303. The molecule has 0 radical (unpaired) electrons. The van der Waals surface area contributed by atoms with Crippen LogP contribution in [0.3, 0.4) is 0 Å². The van der Waals surface area contributed by atoms with E-state index < -0.39 is 0 Å². The molecule has 6 unspecified atom stereocenters. The first kappa shape index (κ1) is 41.3. The van der Waals surface area contributed by atoms with Gasteiger partial charge in [0.25, 0.3) is 0 Å². The molecular formula is C51H62N6O4. The fourth-order valence-corrected chi connectivity index (χ4v) is 11.1. The van der Waals surface area contributed by atoms with Crippen molar-refractivity contribution in [3.63, 3.8) is 0 Å². The second kappa shape index (κ2) is 18.1. The minimum Gasteiger partial charge on any atom is -0.497 e. The van der Waals surface area contributed by atoms with Crippen molar-refractivity contribution in [2.75, 3.05) is 53.6 Å². The summed E-state index contributed by atoms with van der Waals surface area (Å²) in [5, 5.41) is 13.5. The van der Waals surface area contributed by atoms with Crippen LogP contribution in [0.25, 0.3) is 32.6 Å². The van der Waals surface area contributed by atoms with Crippen LogP contribution in [0.1, 0.15) is 82.8 Å². The number of hydrogen-bond acceptors (Lipinski definition) is 10. The van der Waals surface area contributed by atoms with E-state index in [0.717, 1.165) is 94.4 Å². The highest BCUT2D eigenvalue weighted by Gasteiger charge is 2.43. The van der Waals surface area contributed by atoms with Gasteiger partial charge < -0.3 is 18.9 Å². The molecule has 9 atom stereocenters. The molecule has 4 saturated heterocycles. The number of benzene rings is 3. The Labute approximate surface area is 361 Å². The van der Waals surface area contributed by atoms with E-state index in [1.54, 1.807) is 14.2 Å². The van der Waals surface area contributed by atoms with Crippen molar-refractivity contribution in [3.8, 4) is 23.3 Å². The van der Waals surface area contributed by atoms with Crippen molar-refractivity contribution in [3.05, 3.63) is 96.3 Å². The van der Waals surface area contributed by atoms with Crippen molar-refractivity contribution < 1.29 is 18.9 Å². The molecule has 320 valence electrons. The zero-order valence-corrected chi connectivity index (χ0v) is 36.8. The molecule has 7 heterocycles. The number of fused-ring (bicyclic) bond motifs is 6. The second-order valence-corrected chi connectivity index (χ2v) is 17.9. The van der Waals surface area contributed by atoms with Crippen molar-refractivity contribution in [2.45, 2.75) is 83.7 Å². The van der Waals surface area contributed by atoms with Crippen molar-refractivity contribution in [1.29, 1.82) is 0 Å². The Hall–Kier alpha value is -5.06. The number of piperidine rings is 4. The Kier molecular flexibility index (Phi) is 12.3. The first-order valence-electron chi connectivity index (χ1n) is 22.7. The monoisotopic (exact) mass is 822 g/mol. The number of rotatable bonds is 15. The Balaban J connectivity index is 1.03. The Morgan fingerprint density at radius 1 is 0.689 bits per heavy atom. The predicted molar refractivity (Wildman–Crippen MR) is 243 cm³/mol. The molecule has 3 aromatic carbocycles. The van der Waals surface area contributed by atoms with Gasteiger partial charge in [0.05, 0.1) is 49.2 Å². The third kappa shape index (κ3) is 8.21. The topological polar surface area (TPSA) is 95.0 Å². The Bertz CT molecular complexity index is 2460. The molecule has 10 rings (SSSR count). The van der Waals surface area contributed by atoms with Gasteiger partial charge in [-0.2, -0.15) is 0 Å². The quantitative estimate of drug-likeness (QED) is 0.0997. The summed E-state index contributed by atoms with van der Waals surface area (Å²) in [6.45, 7) is 14.8. The van der Waals surface area contributed by atoms with Gasteiger partial charge in [0, 0.05) is 60.2 Å². The molecule has 0 aliphatic carbocycles. The zero-order valence-electron chi connectivity index (χ0n) is 36.8. The van der Waals surface area contributed by atoms with Gasteiger partial charge in [0.15, 0.2) is 0 Å². The SMILES string of the molecule is CCC1CN(C(C)[C@@H](COc2nnc(OC[C@@H](c3ccnc4ccc(OC)cc34)[C@H]3CC4CCN3CC4CC)c3ccccc23)c2ccnc3ccc(OC)cc23)CCC1C. The molecule has 0 spiro atoms. The van der Waals surface area contributed by atoms with E-state index in [2.05, 4.69) is 80.0 Å². The van der Waals surface area contributed by atoms with Crippen LogP contribution in [0.4, 0.5) is 0 Å². The van der Waals surface area contributed by atoms with E-state index in [9.17, 15) is 0 Å². The lowest BCUT2D eigenvalue weighted by molar-refractivity contribution is -0.0174. The van der Waals surface area contributed by atoms with Gasteiger partial charge in [0.1, 0.15) is 11.5 Å². The summed E-state index contributed by atoms with van der Waals surface area (Å²) in [6, 6.07) is 25.4. The number of hydrogen-bond donors (Lipinski definition) is 0. The van der Waals surface area contributed by atoms with E-state index in [1.807, 2.05) is 42.7 Å². The molecule has 4 fully saturated rings. The number of aromatic nitrogens is 4. The zero-order chi connectivity index (χ0) is 42.0. The van der Waals surface area contributed by atoms with Crippen LogP contribution in [0.5, 0.6) is 23.3 Å². The van der Waals surface area contributed by atoms with E-state index in [4.69, 9.17) is 39.1 Å². The molecule has 2 bridgehead atoms. The highest BCUT2D eigenvalue weighted by atomic mass is 16.5. The highest BCUT2D eigenvalue weighted by molar-refractivity contribution is 5.90. The predicted octanol–water partition coefficient (Wildman–Crippen LogP) is 9.95. The number of methoxy groups -OCH3 is 2. The summed E-state index contributed by atoms with van der Waals surface area (Å²) >= 11 is 0. The maximum atomic E-state index is 6.89. The first-order valence-corrected chi connectivity index (χ1v) is 22.7. The first-order chi connectivity index (χ1) is 29.9. The summed E-state index contributed by atoms with van der Waals surface area (Å²) < 4.78 is 25.2. The van der Waals surface area contributed by atoms with Crippen molar-refractivity contribution in [1.82, 2.24) is 30.0 Å². The smallest absolute Gasteiger partial charge is 0.241 e. The van der Waals surface area contributed by atoms with Gasteiger partial charge in [-0.05, 0) is 135 Å². The summed E-state index contributed by atoms with van der Waals surface area (Å²) in [4.78, 5) is 14.9. The number of ether oxygens (including phenoxy) is 4. The van der Waals surface area contributed by atoms with Crippen molar-refractivity contribution in [2.24, 2.45) is 23.7 Å². The van der Waals surface area contributed by atoms with E-state index in [-0.39, 0.29) is 17.9 Å². The molecule has 0 saturated carbocycles. The second-order valence-electron chi connectivity index (χ2n) is 17.9. The lowest BCUT2D eigenvalue weighted by atomic mass is 9.70. The summed E-state index contributed by atoms with van der Waals surface area (Å²) in [6.07, 6.45) is 9.91. The molecule has 10 nitrogen and oxygen atoms in total. The van der Waals surface area contributed by atoms with E-state index in [1.165, 1.54) is 36.8 Å². The van der Waals surface area contributed by atoms with Gasteiger partial charge in [-0.3, -0.25) is 19.8 Å². The molecule has 4 aliphatic heterocycles. The van der Waals surface area contributed by atoms with Gasteiger partial charge >= 0.3 is 0 Å². The average Bonchev–Trinajstić information content (AvgIpc) is 3.31. The number of likely N-dealkylation sites (tertiary alicyclic amines) is 1. The standard InChI is InChI=1S/C51H62N6O4/c1-7-34-28-56(23-19-32(34)3)33(4)45(39-17-21-52-47-15-13-37(58-5)26-43(39)47)30-60-50-41-11-9-10-12-42(41)51(55-54-50)61-31-46(49-25-36-20-24-57(49)29-35(36)8-2)40-18-22-53-48-16-14-38(59-6)27-44(40)48/h9-18,21-22,26-27,32-36,45-46,49H,7-8,19-20,23-25,28-31H2,1-6H3/t32?,33?,34?,35?,36?,45-,46+,49-/m1/s1. The lowest BCUT2D eigenvalue weighted by Crippen LogP contribution is -2.55. The summed E-state index contributed by atoms with van der Waals surface area (Å²) in [5.74, 6) is 5.69. The summed E-state index contributed by atoms with van der Waals surface area (Å²) in [7, 11) is 3.44. The fraction of sp³-hybridized carbons (Fsp3) is 0.490. The normalized spacial score (nSPS) is 24.4. The van der Waals surface area contributed by atoms with Crippen LogP contribution in [-0.2, 0) is 0 Å². The number of nitrogens with zero attached hydrogens (tertiary/aromatic N) is 6. The molecule has 4 aliphatic rings. The third-order valence-corrected chi connectivity index (χ3v) is 14.9. The largest absolute Gasteiger partial charge is 0.497 e. The molecule has 61 heavy (non-hydrogen) atoms. The maximum Gasteiger partial charge on any atom is 0.241 e. The van der Waals surface area contributed by atoms with Gasteiger partial charge in [0.2, 0.25) is 11.8 Å². The number of pyridine rings is 2. The Morgan fingerprint density at radius 2 is 1.31 bits per heavy atom. The Morgan fingerprint density at radius 3 is 1.92 bits per heavy atom. The van der Waals surface area contributed by atoms with Crippen LogP contribution in [0, 0.1) is 23.7 Å². The van der Waals surface area contributed by atoms with Crippen molar-refractivity contribution >= 4 is 32.6 Å². The van der Waals surface area contributed by atoms with E-state index >= 15 is 0 Å².